The van der Waals surface area contributed by atoms with Crippen LogP contribution in [0.3, 0.4) is 0 Å². The van der Waals surface area contributed by atoms with Crippen LogP contribution in [0.15, 0.2) is 36.6 Å². The fourth-order valence-electron chi connectivity index (χ4n) is 1.24. The van der Waals surface area contributed by atoms with Gasteiger partial charge in [-0.25, -0.2) is 0 Å². The Hall–Kier alpha value is -1.51. The van der Waals surface area contributed by atoms with E-state index in [0.717, 1.165) is 6.42 Å². The van der Waals surface area contributed by atoms with E-state index in [-0.39, 0.29) is 6.04 Å². The minimum absolute atomic E-state index is 0.286. The summed E-state index contributed by atoms with van der Waals surface area (Å²) in [5.74, 6) is 0.437. The number of hydrogen-bond acceptors (Lipinski definition) is 2. The highest BCUT2D eigenvalue weighted by Crippen LogP contribution is 2.10. The molecule has 0 aromatic rings. The van der Waals surface area contributed by atoms with Crippen molar-refractivity contribution in [1.82, 2.24) is 4.90 Å². The maximum absolute atomic E-state index is 7.63. The number of likely N-dealkylation sites (N-methyl/N-ethyl adjacent to an activating group) is 1. The van der Waals surface area contributed by atoms with Gasteiger partial charge in [-0.2, -0.15) is 0 Å². The predicted octanol–water partition coefficient (Wildman–Crippen LogP) is 1.25. The van der Waals surface area contributed by atoms with Crippen LogP contribution in [0.25, 0.3) is 0 Å². The Balaban J connectivity index is 2.57. The van der Waals surface area contributed by atoms with Gasteiger partial charge in [0.15, 0.2) is 0 Å². The van der Waals surface area contributed by atoms with E-state index < -0.39 is 0 Å². The molecule has 1 atom stereocenters. The molecule has 0 saturated carbocycles. The van der Waals surface area contributed by atoms with Crippen molar-refractivity contribution in [2.75, 3.05) is 7.05 Å². The lowest BCUT2D eigenvalue weighted by molar-refractivity contribution is 0.426. The van der Waals surface area contributed by atoms with E-state index in [1.54, 1.807) is 6.08 Å². The molecular formula is C10H15N3. The minimum Gasteiger partial charge on any atom is -0.404 e. The maximum Gasteiger partial charge on any atom is 0.122 e. The highest BCUT2D eigenvalue weighted by Gasteiger charge is 2.12. The average molecular weight is 177 g/mol. The van der Waals surface area contributed by atoms with Crippen LogP contribution in [0, 0.1) is 5.41 Å². The molecule has 0 bridgehead atoms. The molecule has 0 saturated heterocycles. The first-order chi connectivity index (χ1) is 6.25. The number of nitrogens with one attached hydrogen (secondary N) is 1. The molecule has 0 radical (unpaired) electrons. The van der Waals surface area contributed by atoms with Crippen molar-refractivity contribution in [1.29, 1.82) is 5.41 Å². The van der Waals surface area contributed by atoms with E-state index in [1.165, 1.54) is 6.20 Å². The molecule has 0 aliphatic heterocycles. The fourth-order valence-corrected chi connectivity index (χ4v) is 1.24. The normalized spacial score (nSPS) is 20.8. The van der Waals surface area contributed by atoms with Gasteiger partial charge in [0.2, 0.25) is 0 Å². The van der Waals surface area contributed by atoms with Gasteiger partial charge in [-0.1, -0.05) is 24.3 Å². The van der Waals surface area contributed by atoms with E-state index in [4.69, 9.17) is 11.1 Å². The number of nitrogens with zero attached hydrogens (tertiary/aromatic N) is 1. The third kappa shape index (κ3) is 2.47. The Morgan fingerprint density at radius 2 is 2.38 bits per heavy atom. The second-order valence-corrected chi connectivity index (χ2v) is 2.97. The molecule has 70 valence electrons. The molecule has 0 spiro atoms. The van der Waals surface area contributed by atoms with Crippen LogP contribution in [0.4, 0.5) is 0 Å². The lowest BCUT2D eigenvalue weighted by Gasteiger charge is -2.26. The number of nitrogens with two attached hydrogens (primary N) is 1. The van der Waals surface area contributed by atoms with Crippen LogP contribution in [0.1, 0.15) is 6.42 Å². The third-order valence-electron chi connectivity index (χ3n) is 2.09. The summed E-state index contributed by atoms with van der Waals surface area (Å²) in [5, 5.41) is 7.63. The van der Waals surface area contributed by atoms with Crippen molar-refractivity contribution in [3.63, 3.8) is 0 Å². The first kappa shape index (κ1) is 9.58. The highest BCUT2D eigenvalue weighted by molar-refractivity contribution is 5.90. The number of rotatable bonds is 2. The zero-order valence-corrected chi connectivity index (χ0v) is 7.77. The summed E-state index contributed by atoms with van der Waals surface area (Å²) < 4.78 is 0. The Labute approximate surface area is 78.7 Å². The maximum atomic E-state index is 7.63. The number of amidine groups is 1. The van der Waals surface area contributed by atoms with Gasteiger partial charge >= 0.3 is 0 Å². The van der Waals surface area contributed by atoms with Crippen LogP contribution < -0.4 is 5.73 Å². The molecule has 3 heteroatoms. The van der Waals surface area contributed by atoms with Gasteiger partial charge in [0.25, 0.3) is 0 Å². The van der Waals surface area contributed by atoms with Gasteiger partial charge in [-0.3, -0.25) is 5.41 Å². The topological polar surface area (TPSA) is 53.1 Å². The smallest absolute Gasteiger partial charge is 0.122 e. The average Bonchev–Trinajstić information content (AvgIpc) is 2.18. The quantitative estimate of drug-likeness (QED) is 0.492. The second kappa shape index (κ2) is 4.50. The highest BCUT2D eigenvalue weighted by atomic mass is 15.2. The van der Waals surface area contributed by atoms with E-state index in [2.05, 4.69) is 12.2 Å². The fraction of sp³-hybridized carbons (Fsp3) is 0.300. The van der Waals surface area contributed by atoms with Crippen LogP contribution >= 0.6 is 0 Å². The van der Waals surface area contributed by atoms with Crippen molar-refractivity contribution in [2.45, 2.75) is 12.5 Å². The second-order valence-electron chi connectivity index (χ2n) is 2.97. The van der Waals surface area contributed by atoms with Gasteiger partial charge in [-0.05, 0) is 18.7 Å². The number of allylic oxidation sites excluding steroid dienone is 2. The Bertz CT molecular complexity index is 263. The first-order valence-electron chi connectivity index (χ1n) is 4.28. The third-order valence-corrected chi connectivity index (χ3v) is 2.09. The summed E-state index contributed by atoms with van der Waals surface area (Å²) in [6.07, 6.45) is 12.1. The van der Waals surface area contributed by atoms with Gasteiger partial charge in [0.05, 0.1) is 6.04 Å². The summed E-state index contributed by atoms with van der Waals surface area (Å²) in [5.41, 5.74) is 5.22. The molecule has 0 aromatic heterocycles. The summed E-state index contributed by atoms with van der Waals surface area (Å²) >= 11 is 0. The van der Waals surface area contributed by atoms with Crippen LogP contribution in [0.5, 0.6) is 0 Å². The van der Waals surface area contributed by atoms with E-state index in [1.807, 2.05) is 24.1 Å². The Kier molecular flexibility index (Phi) is 3.31. The van der Waals surface area contributed by atoms with Crippen LogP contribution in [-0.2, 0) is 0 Å². The molecule has 0 heterocycles. The van der Waals surface area contributed by atoms with Gasteiger partial charge in [-0.15, -0.1) is 0 Å². The molecular weight excluding hydrogens is 162 g/mol. The molecule has 1 unspecified atom stereocenters. The predicted molar refractivity (Wildman–Crippen MR) is 55.5 cm³/mol. The molecule has 0 aromatic carbocycles. The van der Waals surface area contributed by atoms with Gasteiger partial charge < -0.3 is 10.6 Å². The van der Waals surface area contributed by atoms with E-state index in [9.17, 15) is 0 Å². The molecule has 1 aliphatic carbocycles. The summed E-state index contributed by atoms with van der Waals surface area (Å²) in [4.78, 5) is 1.89. The molecule has 0 amide bonds. The largest absolute Gasteiger partial charge is 0.404 e. The van der Waals surface area contributed by atoms with Crippen molar-refractivity contribution < 1.29 is 0 Å². The SMILES string of the molecule is CN(C(=N)/C=C\N)C1C=CC=CC1. The Morgan fingerprint density at radius 3 is 2.92 bits per heavy atom. The molecule has 0 fully saturated rings. The van der Waals surface area contributed by atoms with Crippen molar-refractivity contribution in [3.05, 3.63) is 36.6 Å². The van der Waals surface area contributed by atoms with Crippen LogP contribution in [-0.4, -0.2) is 23.8 Å². The monoisotopic (exact) mass is 177 g/mol. The zero-order valence-electron chi connectivity index (χ0n) is 7.77. The minimum atomic E-state index is 0.286. The van der Waals surface area contributed by atoms with Gasteiger partial charge in [0, 0.05) is 7.05 Å². The lowest BCUT2D eigenvalue weighted by Crippen LogP contribution is -2.34. The van der Waals surface area contributed by atoms with Crippen molar-refractivity contribution >= 4 is 5.84 Å². The molecule has 3 N–H and O–H groups in total. The zero-order chi connectivity index (χ0) is 9.68. The Morgan fingerprint density at radius 1 is 1.62 bits per heavy atom. The van der Waals surface area contributed by atoms with Crippen LogP contribution in [0.2, 0.25) is 0 Å². The molecule has 3 nitrogen and oxygen atoms in total. The molecule has 13 heavy (non-hydrogen) atoms. The van der Waals surface area contributed by atoms with Crippen molar-refractivity contribution in [2.24, 2.45) is 5.73 Å². The summed E-state index contributed by atoms with van der Waals surface area (Å²) in [6, 6.07) is 0.286. The first-order valence-corrected chi connectivity index (χ1v) is 4.28. The van der Waals surface area contributed by atoms with E-state index >= 15 is 0 Å². The standard InChI is InChI=1S/C10H15N3/c1-13(10(12)7-8-11)9-5-3-2-4-6-9/h2-5,7-9,12H,6,11H2,1H3/b8-7-,12-10?. The lowest BCUT2D eigenvalue weighted by atomic mass is 10.1. The van der Waals surface area contributed by atoms with Gasteiger partial charge in [0.1, 0.15) is 5.84 Å². The molecule has 1 rings (SSSR count). The van der Waals surface area contributed by atoms with Crippen molar-refractivity contribution in [3.8, 4) is 0 Å². The summed E-state index contributed by atoms with van der Waals surface area (Å²) in [6.45, 7) is 0. The van der Waals surface area contributed by atoms with E-state index in [0.29, 0.717) is 5.84 Å². The number of hydrogen-bond donors (Lipinski definition) is 2. The molecule has 1 aliphatic rings. The summed E-state index contributed by atoms with van der Waals surface area (Å²) in [7, 11) is 1.90.